The van der Waals surface area contributed by atoms with Gasteiger partial charge in [0, 0.05) is 24.3 Å². The molecule has 0 aliphatic carbocycles. The van der Waals surface area contributed by atoms with Gasteiger partial charge in [0.15, 0.2) is 0 Å². The third-order valence-electron chi connectivity index (χ3n) is 5.68. The summed E-state index contributed by atoms with van der Waals surface area (Å²) in [5.74, 6) is 0.714. The highest BCUT2D eigenvalue weighted by Gasteiger charge is 2.33. The van der Waals surface area contributed by atoms with Crippen molar-refractivity contribution in [2.24, 2.45) is 11.8 Å². The number of rotatable bonds is 5. The van der Waals surface area contributed by atoms with Crippen molar-refractivity contribution in [1.82, 2.24) is 10.2 Å². The average molecular weight is 408 g/mol. The van der Waals surface area contributed by atoms with Crippen molar-refractivity contribution in [3.8, 4) is 0 Å². The van der Waals surface area contributed by atoms with Crippen molar-refractivity contribution >= 4 is 17.6 Å². The van der Waals surface area contributed by atoms with E-state index in [2.05, 4.69) is 62.6 Å². The lowest BCUT2D eigenvalue weighted by Crippen LogP contribution is -2.44. The fraction of sp³-hybridized carbons (Fsp3) is 0.440. The van der Waals surface area contributed by atoms with Crippen LogP contribution >= 0.6 is 0 Å². The number of nitrogens with zero attached hydrogens (tertiary/aromatic N) is 1. The quantitative estimate of drug-likeness (QED) is 0.698. The summed E-state index contributed by atoms with van der Waals surface area (Å²) >= 11 is 0. The smallest absolute Gasteiger partial charge is 0.322 e. The third-order valence-corrected chi connectivity index (χ3v) is 5.68. The van der Waals surface area contributed by atoms with Crippen LogP contribution in [0.1, 0.15) is 61.1 Å². The summed E-state index contributed by atoms with van der Waals surface area (Å²) in [6, 6.07) is 15.5. The van der Waals surface area contributed by atoms with Crippen LogP contribution in [0.2, 0.25) is 0 Å². The van der Waals surface area contributed by atoms with Crippen LogP contribution in [-0.2, 0) is 0 Å². The van der Waals surface area contributed by atoms with Crippen molar-refractivity contribution in [2.75, 3.05) is 18.4 Å². The second-order valence-corrected chi connectivity index (χ2v) is 8.78. The van der Waals surface area contributed by atoms with Gasteiger partial charge in [-0.2, -0.15) is 0 Å². The minimum Gasteiger partial charge on any atom is -0.352 e. The van der Waals surface area contributed by atoms with Gasteiger partial charge in [-0.15, -0.1) is 0 Å². The minimum absolute atomic E-state index is 0.0698. The first-order valence-corrected chi connectivity index (χ1v) is 10.9. The molecule has 5 heteroatoms. The van der Waals surface area contributed by atoms with E-state index < -0.39 is 0 Å². The van der Waals surface area contributed by atoms with E-state index >= 15 is 0 Å². The van der Waals surface area contributed by atoms with Crippen molar-refractivity contribution in [3.05, 3.63) is 65.2 Å². The number of carbonyl (C=O) groups is 2. The molecule has 2 N–H and O–H groups in total. The molecule has 1 aliphatic rings. The average Bonchev–Trinajstić information content (AvgIpc) is 2.73. The number of aryl methyl sites for hydroxylation is 1. The molecule has 30 heavy (non-hydrogen) atoms. The van der Waals surface area contributed by atoms with E-state index in [-0.39, 0.29) is 18.0 Å². The van der Waals surface area contributed by atoms with Crippen molar-refractivity contribution in [2.45, 2.75) is 46.6 Å². The van der Waals surface area contributed by atoms with E-state index in [0.29, 0.717) is 29.6 Å². The molecule has 3 rings (SSSR count). The molecule has 1 fully saturated rings. The second kappa shape index (κ2) is 9.79. The van der Waals surface area contributed by atoms with Gasteiger partial charge in [-0.3, -0.25) is 4.79 Å². The molecule has 0 saturated carbocycles. The number of amides is 3. The van der Waals surface area contributed by atoms with Crippen LogP contribution in [0, 0.1) is 18.8 Å². The molecule has 0 aromatic heterocycles. The molecule has 2 aromatic carbocycles. The summed E-state index contributed by atoms with van der Waals surface area (Å²) in [5.41, 5.74) is 3.69. The normalized spacial score (nSPS) is 18.9. The van der Waals surface area contributed by atoms with Gasteiger partial charge in [0.25, 0.3) is 5.91 Å². The molecule has 160 valence electrons. The van der Waals surface area contributed by atoms with E-state index in [1.54, 1.807) is 24.3 Å². The Morgan fingerprint density at radius 2 is 1.73 bits per heavy atom. The van der Waals surface area contributed by atoms with Crippen LogP contribution in [0.25, 0.3) is 0 Å². The number of carbonyl (C=O) groups excluding carboxylic acids is 2. The first-order chi connectivity index (χ1) is 14.3. The summed E-state index contributed by atoms with van der Waals surface area (Å²) in [7, 11) is 0. The Labute approximate surface area is 179 Å². The molecule has 0 spiro atoms. The molecule has 0 bridgehead atoms. The predicted molar refractivity (Wildman–Crippen MR) is 122 cm³/mol. The Kier molecular flexibility index (Phi) is 7.14. The van der Waals surface area contributed by atoms with Crippen molar-refractivity contribution < 1.29 is 9.59 Å². The molecule has 3 amide bonds. The first kappa shape index (κ1) is 21.9. The highest BCUT2D eigenvalue weighted by Crippen LogP contribution is 2.36. The number of likely N-dealkylation sites (tertiary alicyclic amines) is 1. The van der Waals surface area contributed by atoms with Gasteiger partial charge < -0.3 is 15.5 Å². The van der Waals surface area contributed by atoms with E-state index in [1.165, 1.54) is 11.1 Å². The minimum atomic E-state index is -0.0934. The van der Waals surface area contributed by atoms with Crippen LogP contribution in [0.15, 0.2) is 48.5 Å². The lowest BCUT2D eigenvalue weighted by Gasteiger charge is -2.40. The number of urea groups is 1. The predicted octanol–water partition coefficient (Wildman–Crippen LogP) is 5.39. The molecule has 2 atom stereocenters. The summed E-state index contributed by atoms with van der Waals surface area (Å²) in [5, 5.41) is 5.92. The molecular formula is C25H33N3O2. The Morgan fingerprint density at radius 3 is 2.37 bits per heavy atom. The van der Waals surface area contributed by atoms with E-state index in [1.807, 2.05) is 4.90 Å². The summed E-state index contributed by atoms with van der Waals surface area (Å²) < 4.78 is 0. The van der Waals surface area contributed by atoms with Gasteiger partial charge in [0.05, 0.1) is 6.04 Å². The third kappa shape index (κ3) is 5.41. The van der Waals surface area contributed by atoms with Gasteiger partial charge in [-0.25, -0.2) is 4.79 Å². The van der Waals surface area contributed by atoms with Crippen molar-refractivity contribution in [1.29, 1.82) is 0 Å². The number of piperidine rings is 1. The Bertz CT molecular complexity index is 859. The SMILES string of the molecule is Cc1ccc([C@@H]2[C@H](C)CCCN2C(=O)Nc2ccc(C(=O)NCC(C)C)cc2)cc1. The molecule has 0 unspecified atom stereocenters. The van der Waals surface area contributed by atoms with Crippen LogP contribution in [0.4, 0.5) is 10.5 Å². The Balaban J connectivity index is 1.69. The number of hydrogen-bond acceptors (Lipinski definition) is 2. The highest BCUT2D eigenvalue weighted by atomic mass is 16.2. The monoisotopic (exact) mass is 407 g/mol. The van der Waals surface area contributed by atoms with Crippen LogP contribution in [-0.4, -0.2) is 29.9 Å². The maximum Gasteiger partial charge on any atom is 0.322 e. The molecule has 1 saturated heterocycles. The summed E-state index contributed by atoms with van der Waals surface area (Å²) in [6.45, 7) is 9.80. The Hall–Kier alpha value is -2.82. The standard InChI is InChI=1S/C25H33N3O2/c1-17(2)16-26-24(29)21-11-13-22(14-12-21)27-25(30)28-15-5-6-19(4)23(28)20-9-7-18(3)8-10-20/h7-14,17,19,23H,5-6,15-16H2,1-4H3,(H,26,29)(H,27,30)/t19-,23+/m1/s1. The van der Waals surface area contributed by atoms with Crippen molar-refractivity contribution in [3.63, 3.8) is 0 Å². The maximum atomic E-state index is 13.1. The fourth-order valence-electron chi connectivity index (χ4n) is 3.99. The van der Waals surface area contributed by atoms with Crippen LogP contribution in [0.5, 0.6) is 0 Å². The number of benzene rings is 2. The zero-order chi connectivity index (χ0) is 21.7. The van der Waals surface area contributed by atoms with Crippen LogP contribution in [0.3, 0.4) is 0 Å². The lowest BCUT2D eigenvalue weighted by molar-refractivity contribution is 0.0949. The maximum absolute atomic E-state index is 13.1. The lowest BCUT2D eigenvalue weighted by atomic mass is 9.86. The van der Waals surface area contributed by atoms with Gasteiger partial charge in [0.1, 0.15) is 0 Å². The molecule has 1 heterocycles. The van der Waals surface area contributed by atoms with Crippen LogP contribution < -0.4 is 10.6 Å². The molecule has 0 radical (unpaired) electrons. The van der Waals surface area contributed by atoms with Gasteiger partial charge in [0.2, 0.25) is 0 Å². The zero-order valence-electron chi connectivity index (χ0n) is 18.4. The van der Waals surface area contributed by atoms with Gasteiger partial charge in [-0.1, -0.05) is 50.6 Å². The number of hydrogen-bond donors (Lipinski definition) is 2. The summed E-state index contributed by atoms with van der Waals surface area (Å²) in [6.07, 6.45) is 2.12. The second-order valence-electron chi connectivity index (χ2n) is 8.78. The number of nitrogens with one attached hydrogen (secondary N) is 2. The van der Waals surface area contributed by atoms with E-state index in [4.69, 9.17) is 0 Å². The Morgan fingerprint density at radius 1 is 1.07 bits per heavy atom. The van der Waals surface area contributed by atoms with Gasteiger partial charge in [-0.05, 0) is 61.4 Å². The number of anilines is 1. The topological polar surface area (TPSA) is 61.4 Å². The van der Waals surface area contributed by atoms with Gasteiger partial charge >= 0.3 is 6.03 Å². The molecule has 1 aliphatic heterocycles. The largest absolute Gasteiger partial charge is 0.352 e. The highest BCUT2D eigenvalue weighted by molar-refractivity contribution is 5.95. The molecule has 2 aromatic rings. The molecular weight excluding hydrogens is 374 g/mol. The molecule has 5 nitrogen and oxygen atoms in total. The zero-order valence-corrected chi connectivity index (χ0v) is 18.4. The first-order valence-electron chi connectivity index (χ1n) is 10.9. The van der Waals surface area contributed by atoms with E-state index in [9.17, 15) is 9.59 Å². The fourth-order valence-corrected chi connectivity index (χ4v) is 3.99. The van der Waals surface area contributed by atoms with E-state index in [0.717, 1.165) is 19.4 Å². The summed E-state index contributed by atoms with van der Waals surface area (Å²) in [4.78, 5) is 27.2.